The van der Waals surface area contributed by atoms with E-state index in [-0.39, 0.29) is 0 Å². The van der Waals surface area contributed by atoms with Crippen LogP contribution in [-0.2, 0) is 4.74 Å². The van der Waals surface area contributed by atoms with Gasteiger partial charge in [0.05, 0.1) is 0 Å². The maximum atomic E-state index is 11.0. The molecular weight excluding hydrogens is 184 g/mol. The van der Waals surface area contributed by atoms with Crippen LogP contribution < -0.4 is 5.32 Å². The third kappa shape index (κ3) is 8.55. The Morgan fingerprint density at radius 3 is 2.86 bits per heavy atom. The van der Waals surface area contributed by atoms with Gasteiger partial charge in [-0.2, -0.15) is 0 Å². The van der Waals surface area contributed by atoms with Gasteiger partial charge < -0.3 is 10.1 Å². The summed E-state index contributed by atoms with van der Waals surface area (Å²) in [6.45, 7) is 7.78. The Hall–Kier alpha value is -1.55. The molecule has 14 heavy (non-hydrogen) atoms. The fourth-order valence-electron chi connectivity index (χ4n) is 0.672. The van der Waals surface area contributed by atoms with Gasteiger partial charge in [-0.15, -0.1) is 0 Å². The van der Waals surface area contributed by atoms with Crippen LogP contribution in [0, 0.1) is 6.92 Å². The minimum atomic E-state index is -0.727. The van der Waals surface area contributed by atoms with Crippen molar-refractivity contribution in [3.63, 3.8) is 0 Å². The Labute approximate surface area is 83.3 Å². The van der Waals surface area contributed by atoms with E-state index in [1.165, 1.54) is 0 Å². The number of rotatable bonds is 5. The van der Waals surface area contributed by atoms with Gasteiger partial charge in [0.25, 0.3) is 0 Å². The molecule has 0 unspecified atom stereocenters. The van der Waals surface area contributed by atoms with Crippen molar-refractivity contribution in [1.29, 1.82) is 0 Å². The van der Waals surface area contributed by atoms with Crippen molar-refractivity contribution in [1.82, 2.24) is 5.32 Å². The van der Waals surface area contributed by atoms with E-state index in [0.29, 0.717) is 19.5 Å². The molecule has 0 radical (unpaired) electrons. The lowest BCUT2D eigenvalue weighted by Gasteiger charge is -2.13. The van der Waals surface area contributed by atoms with Crippen molar-refractivity contribution in [3.8, 4) is 0 Å². The molecule has 0 aliphatic carbocycles. The van der Waals surface area contributed by atoms with Crippen LogP contribution in [-0.4, -0.2) is 24.8 Å². The Bertz CT molecular complexity index is 228. The standard InChI is InChI=1S/C8H14N4O2/c1-8(2,3)14-7(13)10-5-4-6-11-12-9/h1,4-6H2,2-3H3/p+1. The number of hydrogen-bond acceptors (Lipinski definition) is 3. The van der Waals surface area contributed by atoms with E-state index in [1.807, 2.05) is 0 Å². The number of azide groups is 1. The first-order valence-electron chi connectivity index (χ1n) is 4.29. The van der Waals surface area contributed by atoms with Crippen LogP contribution in [0.25, 0.3) is 10.4 Å². The Morgan fingerprint density at radius 2 is 2.36 bits per heavy atom. The number of alkyl carbamates (subject to hydrolysis) is 1. The molecule has 0 heterocycles. The first kappa shape index (κ1) is 12.4. The van der Waals surface area contributed by atoms with Crippen molar-refractivity contribution < 1.29 is 9.53 Å². The number of nitrogens with one attached hydrogen (secondary N) is 1. The highest BCUT2D eigenvalue weighted by molar-refractivity contribution is 5.67. The fraction of sp³-hybridized carbons (Fsp3) is 0.750. The predicted molar refractivity (Wildman–Crippen MR) is 52.5 cm³/mol. The lowest BCUT2D eigenvalue weighted by molar-refractivity contribution is 0.0703. The molecule has 0 aromatic rings. The molecule has 0 saturated heterocycles. The lowest BCUT2D eigenvalue weighted by atomic mass is 10.2. The van der Waals surface area contributed by atoms with Crippen LogP contribution in [0.2, 0.25) is 0 Å². The van der Waals surface area contributed by atoms with Crippen molar-refractivity contribution in [2.45, 2.75) is 25.9 Å². The van der Waals surface area contributed by atoms with Gasteiger partial charge in [0.2, 0.25) is 5.60 Å². The van der Waals surface area contributed by atoms with Crippen LogP contribution in [0.4, 0.5) is 4.79 Å². The first-order valence-corrected chi connectivity index (χ1v) is 4.29. The molecule has 0 aliphatic heterocycles. The zero-order valence-corrected chi connectivity index (χ0v) is 8.49. The summed E-state index contributed by atoms with van der Waals surface area (Å²) in [6.07, 6.45) is 0.0856. The van der Waals surface area contributed by atoms with Crippen LogP contribution in [0.3, 0.4) is 0 Å². The molecule has 0 fully saturated rings. The second-order valence-electron chi connectivity index (χ2n) is 3.38. The van der Waals surface area contributed by atoms with E-state index in [4.69, 9.17) is 10.3 Å². The molecule has 0 spiro atoms. The summed E-state index contributed by atoms with van der Waals surface area (Å²) in [6, 6.07) is 0. The average Bonchev–Trinajstić information content (AvgIpc) is 2.00. The van der Waals surface area contributed by atoms with Crippen LogP contribution >= 0.6 is 0 Å². The number of amides is 1. The lowest BCUT2D eigenvalue weighted by Crippen LogP contribution is -2.33. The van der Waals surface area contributed by atoms with E-state index >= 15 is 0 Å². The molecule has 0 atom stereocenters. The highest BCUT2D eigenvalue weighted by Crippen LogP contribution is 2.05. The smallest absolute Gasteiger partial charge is 0.403 e. The molecule has 0 saturated carbocycles. The number of nitrogens with zero attached hydrogens (tertiary/aromatic N) is 3. The summed E-state index contributed by atoms with van der Waals surface area (Å²) in [5, 5.41) is 5.83. The summed E-state index contributed by atoms with van der Waals surface area (Å²) in [5.74, 6) is 0. The average molecular weight is 199 g/mol. The summed E-state index contributed by atoms with van der Waals surface area (Å²) >= 11 is 0. The maximum Gasteiger partial charge on any atom is 0.410 e. The Morgan fingerprint density at radius 1 is 1.71 bits per heavy atom. The molecule has 6 heteroatoms. The van der Waals surface area contributed by atoms with Gasteiger partial charge in [-0.3, -0.25) is 0 Å². The summed E-state index contributed by atoms with van der Waals surface area (Å²) in [7, 11) is 0. The molecule has 1 N–H and O–H groups in total. The van der Waals surface area contributed by atoms with E-state index in [9.17, 15) is 4.79 Å². The predicted octanol–water partition coefficient (Wildman–Crippen LogP) is 2.03. The van der Waals surface area contributed by atoms with E-state index < -0.39 is 11.7 Å². The minimum absolute atomic E-state index is 0.366. The number of hydrogen-bond donors (Lipinski definition) is 1. The normalized spacial score (nSPS) is 10.1. The Balaban J connectivity index is 3.50. The summed E-state index contributed by atoms with van der Waals surface area (Å²) in [4.78, 5) is 13.6. The second-order valence-corrected chi connectivity index (χ2v) is 3.38. The van der Waals surface area contributed by atoms with Gasteiger partial charge in [0.15, 0.2) is 0 Å². The number of carbonyl (C=O) groups excluding carboxylic acids is 1. The molecule has 78 valence electrons. The van der Waals surface area contributed by atoms with Crippen LogP contribution in [0.5, 0.6) is 0 Å². The third-order valence-corrected chi connectivity index (χ3v) is 1.14. The topological polar surface area (TPSA) is 87.1 Å². The molecule has 0 aromatic carbocycles. The monoisotopic (exact) mass is 199 g/mol. The van der Waals surface area contributed by atoms with Gasteiger partial charge in [0, 0.05) is 31.8 Å². The number of ether oxygens (including phenoxy) is 1. The first-order chi connectivity index (χ1) is 6.45. The largest absolute Gasteiger partial charge is 0.410 e. The van der Waals surface area contributed by atoms with E-state index in [1.54, 1.807) is 13.8 Å². The van der Waals surface area contributed by atoms with Crippen LogP contribution in [0.1, 0.15) is 20.3 Å². The van der Waals surface area contributed by atoms with Gasteiger partial charge in [0.1, 0.15) is 6.92 Å². The van der Waals surface area contributed by atoms with Crippen LogP contribution in [0.15, 0.2) is 5.11 Å². The van der Waals surface area contributed by atoms with Gasteiger partial charge in [-0.1, -0.05) is 5.11 Å². The van der Waals surface area contributed by atoms with E-state index in [2.05, 4.69) is 22.3 Å². The SMILES string of the molecule is [CH2+]C(C)(C)OC(=O)NCCCN=[N+]=[N-]. The Kier molecular flexibility index (Phi) is 5.33. The highest BCUT2D eigenvalue weighted by atomic mass is 16.6. The van der Waals surface area contributed by atoms with Gasteiger partial charge >= 0.3 is 6.09 Å². The summed E-state index contributed by atoms with van der Waals surface area (Å²) in [5.41, 5.74) is 7.24. The van der Waals surface area contributed by atoms with E-state index in [0.717, 1.165) is 0 Å². The van der Waals surface area contributed by atoms with Gasteiger partial charge in [-0.05, 0) is 12.0 Å². The molecule has 0 bridgehead atoms. The van der Waals surface area contributed by atoms with Crippen molar-refractivity contribution in [2.24, 2.45) is 5.11 Å². The third-order valence-electron chi connectivity index (χ3n) is 1.14. The van der Waals surface area contributed by atoms with Gasteiger partial charge in [-0.25, -0.2) is 4.79 Å². The highest BCUT2D eigenvalue weighted by Gasteiger charge is 2.22. The molecule has 1 amide bonds. The zero-order chi connectivity index (χ0) is 11.0. The minimum Gasteiger partial charge on any atom is -0.403 e. The molecule has 0 aromatic heterocycles. The summed E-state index contributed by atoms with van der Waals surface area (Å²) < 4.78 is 4.88. The molecule has 0 rings (SSSR count). The number of carbonyl (C=O) groups is 1. The molecule has 0 aliphatic rings. The maximum absolute atomic E-state index is 11.0. The van der Waals surface area contributed by atoms with Crippen molar-refractivity contribution >= 4 is 6.09 Å². The quantitative estimate of drug-likeness (QED) is 0.241. The van der Waals surface area contributed by atoms with Crippen molar-refractivity contribution in [2.75, 3.05) is 13.1 Å². The molecular formula is C8H15N4O2+. The zero-order valence-electron chi connectivity index (χ0n) is 8.49. The van der Waals surface area contributed by atoms with Crippen molar-refractivity contribution in [3.05, 3.63) is 17.4 Å². The second kappa shape index (κ2) is 5.99. The fourth-order valence-corrected chi connectivity index (χ4v) is 0.672. The molecule has 6 nitrogen and oxygen atoms in total.